The highest BCUT2D eigenvalue weighted by atomic mass is 19.2. The Bertz CT molecular complexity index is 1540. The zero-order chi connectivity index (χ0) is 27.1. The molecule has 6 rings (SSSR count). The van der Waals surface area contributed by atoms with Crippen LogP contribution in [0.4, 0.5) is 13.2 Å². The van der Waals surface area contributed by atoms with Gasteiger partial charge in [0.05, 0.1) is 23.7 Å². The number of rotatable bonds is 4. The standard InChI is InChI=1S/C30H29F3N4O2/c1-17-35-25-6-3-20(13-26(25)36-17)19-4-7-28-22(11-19)15-34-16-29(39-28)30(38)37-9-8-18(14-31)10-27(37)21-2-5-23(32)24(33)12-21/h2-7,11-13,18,27,29,34H,8-10,14-16H2,1H3,(H,35,36)/t18-,27+,29?/m0/s1. The van der Waals surface area contributed by atoms with Crippen molar-refractivity contribution in [3.05, 3.63) is 83.2 Å². The van der Waals surface area contributed by atoms with E-state index in [1.54, 1.807) is 4.90 Å². The predicted molar refractivity (Wildman–Crippen MR) is 142 cm³/mol. The molecule has 1 fully saturated rings. The lowest BCUT2D eigenvalue weighted by molar-refractivity contribution is -0.143. The van der Waals surface area contributed by atoms with Crippen molar-refractivity contribution >= 4 is 16.9 Å². The number of carbonyl (C=O) groups is 1. The minimum Gasteiger partial charge on any atom is -0.479 e. The fourth-order valence-corrected chi connectivity index (χ4v) is 5.66. The van der Waals surface area contributed by atoms with Gasteiger partial charge in [-0.1, -0.05) is 18.2 Å². The first-order chi connectivity index (χ1) is 18.9. The maximum absolute atomic E-state index is 14.1. The number of halogens is 3. The molecule has 39 heavy (non-hydrogen) atoms. The molecule has 0 bridgehead atoms. The molecular weight excluding hydrogens is 505 g/mol. The molecule has 0 aliphatic carbocycles. The summed E-state index contributed by atoms with van der Waals surface area (Å²) in [6.07, 6.45) is 0.0344. The van der Waals surface area contributed by atoms with Gasteiger partial charge in [-0.2, -0.15) is 0 Å². The number of likely N-dealkylation sites (tertiary alicyclic amines) is 1. The smallest absolute Gasteiger partial charge is 0.265 e. The summed E-state index contributed by atoms with van der Waals surface area (Å²) in [5, 5.41) is 3.32. The molecule has 3 heterocycles. The fraction of sp³-hybridized carbons (Fsp3) is 0.333. The molecule has 1 aromatic heterocycles. The van der Waals surface area contributed by atoms with E-state index in [-0.39, 0.29) is 18.4 Å². The number of hydrogen-bond donors (Lipinski definition) is 2. The van der Waals surface area contributed by atoms with Crippen LogP contribution in [0.2, 0.25) is 0 Å². The zero-order valence-corrected chi connectivity index (χ0v) is 21.5. The highest BCUT2D eigenvalue weighted by Crippen LogP contribution is 2.37. The average molecular weight is 535 g/mol. The molecule has 2 aliphatic heterocycles. The van der Waals surface area contributed by atoms with Gasteiger partial charge in [0.15, 0.2) is 17.7 Å². The minimum absolute atomic E-state index is 0.246. The number of carbonyl (C=O) groups excluding carboxylic acids is 1. The van der Waals surface area contributed by atoms with E-state index in [4.69, 9.17) is 4.74 Å². The van der Waals surface area contributed by atoms with Crippen LogP contribution in [0.3, 0.4) is 0 Å². The van der Waals surface area contributed by atoms with Crippen LogP contribution in [0, 0.1) is 24.5 Å². The van der Waals surface area contributed by atoms with Gasteiger partial charge in [-0.15, -0.1) is 0 Å². The van der Waals surface area contributed by atoms with Gasteiger partial charge in [0.1, 0.15) is 11.6 Å². The molecule has 4 aromatic rings. The number of hydrogen-bond acceptors (Lipinski definition) is 4. The highest BCUT2D eigenvalue weighted by Gasteiger charge is 2.37. The Balaban J connectivity index is 1.24. The van der Waals surface area contributed by atoms with Crippen molar-refractivity contribution in [2.45, 2.75) is 38.5 Å². The third kappa shape index (κ3) is 4.98. The number of aromatic nitrogens is 2. The van der Waals surface area contributed by atoms with E-state index in [2.05, 4.69) is 27.4 Å². The number of nitrogens with one attached hydrogen (secondary N) is 2. The number of H-pyrrole nitrogens is 1. The summed E-state index contributed by atoms with van der Waals surface area (Å²) in [6, 6.07) is 15.0. The average Bonchev–Trinajstić information content (AvgIpc) is 3.19. The number of nitrogens with zero attached hydrogens (tertiary/aromatic N) is 2. The third-order valence-corrected chi connectivity index (χ3v) is 7.72. The second kappa shape index (κ2) is 10.4. The lowest BCUT2D eigenvalue weighted by atomic mass is 9.87. The molecule has 1 unspecified atom stereocenters. The molecule has 2 N–H and O–H groups in total. The van der Waals surface area contributed by atoms with Crippen molar-refractivity contribution in [2.75, 3.05) is 19.8 Å². The summed E-state index contributed by atoms with van der Waals surface area (Å²) in [5.74, 6) is -0.972. The molecule has 0 radical (unpaired) electrons. The monoisotopic (exact) mass is 534 g/mol. The Labute approximate surface area is 224 Å². The van der Waals surface area contributed by atoms with Crippen molar-refractivity contribution in [3.63, 3.8) is 0 Å². The Morgan fingerprint density at radius 2 is 1.90 bits per heavy atom. The van der Waals surface area contributed by atoms with Crippen molar-refractivity contribution < 1.29 is 22.7 Å². The summed E-state index contributed by atoms with van der Waals surface area (Å²) in [5.41, 5.74) is 5.32. The maximum atomic E-state index is 14.1. The van der Waals surface area contributed by atoms with Crippen LogP contribution < -0.4 is 10.1 Å². The molecule has 6 nitrogen and oxygen atoms in total. The van der Waals surface area contributed by atoms with Gasteiger partial charge >= 0.3 is 0 Å². The normalized spacial score (nSPS) is 21.3. The van der Waals surface area contributed by atoms with E-state index in [9.17, 15) is 18.0 Å². The van der Waals surface area contributed by atoms with Gasteiger partial charge in [0.2, 0.25) is 0 Å². The summed E-state index contributed by atoms with van der Waals surface area (Å²) in [6.45, 7) is 2.53. The highest BCUT2D eigenvalue weighted by molar-refractivity contribution is 5.83. The first-order valence-corrected chi connectivity index (χ1v) is 13.2. The number of piperidine rings is 1. The van der Waals surface area contributed by atoms with Crippen LogP contribution >= 0.6 is 0 Å². The SMILES string of the molecule is Cc1nc2ccc(-c3ccc4c(c3)CNCC(C(=O)N3CC[C@H](CF)C[C@@H]3c3ccc(F)c(F)c3)O4)cc2[nH]1. The molecule has 202 valence electrons. The Morgan fingerprint density at radius 1 is 1.08 bits per heavy atom. The quantitative estimate of drug-likeness (QED) is 0.357. The number of benzene rings is 3. The number of amides is 1. The van der Waals surface area contributed by atoms with Gasteiger partial charge in [-0.05, 0) is 78.8 Å². The van der Waals surface area contributed by atoms with Gasteiger partial charge in [0.25, 0.3) is 5.91 Å². The first kappa shape index (κ1) is 25.4. The lowest BCUT2D eigenvalue weighted by Gasteiger charge is -2.40. The number of alkyl halides is 1. The number of aryl methyl sites for hydroxylation is 1. The molecule has 0 saturated carbocycles. The van der Waals surface area contributed by atoms with Crippen LogP contribution in [0.1, 0.15) is 35.8 Å². The maximum Gasteiger partial charge on any atom is 0.265 e. The summed E-state index contributed by atoms with van der Waals surface area (Å²) in [4.78, 5) is 23.1. The largest absolute Gasteiger partial charge is 0.479 e. The van der Waals surface area contributed by atoms with Crippen molar-refractivity contribution in [2.24, 2.45) is 5.92 Å². The minimum atomic E-state index is -0.985. The van der Waals surface area contributed by atoms with Gasteiger partial charge in [-0.3, -0.25) is 9.18 Å². The van der Waals surface area contributed by atoms with E-state index in [1.807, 2.05) is 31.2 Å². The molecule has 3 aromatic carbocycles. The zero-order valence-electron chi connectivity index (χ0n) is 21.5. The van der Waals surface area contributed by atoms with Crippen molar-refractivity contribution in [3.8, 4) is 16.9 Å². The van der Waals surface area contributed by atoms with Crippen LogP contribution in [-0.4, -0.2) is 46.6 Å². The fourth-order valence-electron chi connectivity index (χ4n) is 5.66. The van der Waals surface area contributed by atoms with E-state index in [0.29, 0.717) is 37.2 Å². The van der Waals surface area contributed by atoms with Gasteiger partial charge < -0.3 is 19.9 Å². The van der Waals surface area contributed by atoms with Crippen LogP contribution in [0.5, 0.6) is 5.75 Å². The molecular formula is C30H29F3N4O2. The Hall–Kier alpha value is -3.85. The summed E-state index contributed by atoms with van der Waals surface area (Å²) < 4.78 is 47.5. The van der Waals surface area contributed by atoms with Crippen LogP contribution in [0.15, 0.2) is 54.6 Å². The van der Waals surface area contributed by atoms with E-state index in [0.717, 1.165) is 45.7 Å². The predicted octanol–water partition coefficient (Wildman–Crippen LogP) is 5.62. The summed E-state index contributed by atoms with van der Waals surface area (Å²) >= 11 is 0. The van der Waals surface area contributed by atoms with Gasteiger partial charge in [0, 0.05) is 25.2 Å². The van der Waals surface area contributed by atoms with Crippen LogP contribution in [-0.2, 0) is 11.3 Å². The lowest BCUT2D eigenvalue weighted by Crippen LogP contribution is -2.50. The van der Waals surface area contributed by atoms with Crippen LogP contribution in [0.25, 0.3) is 22.2 Å². The number of imidazole rings is 1. The van der Waals surface area contributed by atoms with Gasteiger partial charge in [-0.25, -0.2) is 13.8 Å². The molecule has 1 saturated heterocycles. The molecule has 1 amide bonds. The second-order valence-corrected chi connectivity index (χ2v) is 10.4. The molecule has 0 spiro atoms. The number of ether oxygens (including phenoxy) is 1. The van der Waals surface area contributed by atoms with E-state index >= 15 is 0 Å². The third-order valence-electron chi connectivity index (χ3n) is 7.72. The van der Waals surface area contributed by atoms with E-state index in [1.165, 1.54) is 6.07 Å². The number of aromatic amines is 1. The number of fused-ring (bicyclic) bond motifs is 2. The topological polar surface area (TPSA) is 70.2 Å². The first-order valence-electron chi connectivity index (χ1n) is 13.2. The second-order valence-electron chi connectivity index (χ2n) is 10.4. The Morgan fingerprint density at radius 3 is 2.72 bits per heavy atom. The molecule has 3 atom stereocenters. The van der Waals surface area contributed by atoms with Crippen molar-refractivity contribution in [1.82, 2.24) is 20.2 Å². The Kier molecular flexibility index (Phi) is 6.76. The van der Waals surface area contributed by atoms with Crippen molar-refractivity contribution in [1.29, 1.82) is 0 Å². The molecule has 9 heteroatoms. The van der Waals surface area contributed by atoms with E-state index < -0.39 is 30.5 Å². The molecule has 2 aliphatic rings. The summed E-state index contributed by atoms with van der Waals surface area (Å²) in [7, 11) is 0.